The average Bonchev–Trinajstić information content (AvgIpc) is 2.34. The number of hydrogen-bond donors (Lipinski definition) is 0. The molecular weight excluding hydrogens is 210 g/mol. The van der Waals surface area contributed by atoms with E-state index in [0.29, 0.717) is 0 Å². The van der Waals surface area contributed by atoms with Crippen LogP contribution in [0.2, 0.25) is 0 Å². The fourth-order valence-electron chi connectivity index (χ4n) is 1.61. The third-order valence-electron chi connectivity index (χ3n) is 2.74. The van der Waals surface area contributed by atoms with Gasteiger partial charge in [-0.1, -0.05) is 18.2 Å². The Bertz CT molecular complexity index is 340. The van der Waals surface area contributed by atoms with Gasteiger partial charge < -0.3 is 9.64 Å². The number of hydrogen-bond acceptors (Lipinski definition) is 2. The smallest absolute Gasteiger partial charge is 0.0953 e. The second kappa shape index (κ2) is 7.00. The molecule has 1 atom stereocenters. The molecule has 0 aliphatic heterocycles. The van der Waals surface area contributed by atoms with Crippen molar-refractivity contribution in [2.75, 3.05) is 19.0 Å². The van der Waals surface area contributed by atoms with Crippen molar-refractivity contribution in [2.24, 2.45) is 0 Å². The normalized spacial score (nSPS) is 12.7. The average molecular weight is 233 g/mol. The van der Waals surface area contributed by atoms with Crippen molar-refractivity contribution < 1.29 is 4.74 Å². The van der Waals surface area contributed by atoms with Crippen molar-refractivity contribution in [1.29, 1.82) is 0 Å². The quantitative estimate of drug-likeness (QED) is 0.696. The van der Waals surface area contributed by atoms with Gasteiger partial charge in [0.15, 0.2) is 0 Å². The van der Waals surface area contributed by atoms with E-state index < -0.39 is 0 Å². The Morgan fingerprint density at radius 1 is 1.24 bits per heavy atom. The summed E-state index contributed by atoms with van der Waals surface area (Å²) >= 11 is 0. The molecule has 17 heavy (non-hydrogen) atoms. The highest BCUT2D eigenvalue weighted by Gasteiger charge is 2.02. The van der Waals surface area contributed by atoms with Crippen LogP contribution in [0.1, 0.15) is 25.8 Å². The summed E-state index contributed by atoms with van der Waals surface area (Å²) in [6.45, 7) is 4.07. The van der Waals surface area contributed by atoms with E-state index in [2.05, 4.69) is 50.2 Å². The monoisotopic (exact) mass is 233 g/mol. The lowest BCUT2D eigenvalue weighted by molar-refractivity contribution is 0.153. The van der Waals surface area contributed by atoms with Gasteiger partial charge in [0.05, 0.1) is 12.4 Å². The van der Waals surface area contributed by atoms with Crippen LogP contribution in [-0.4, -0.2) is 20.2 Å². The lowest BCUT2D eigenvalue weighted by atomic mass is 10.1. The number of rotatable bonds is 6. The van der Waals surface area contributed by atoms with Crippen LogP contribution in [-0.2, 0) is 11.2 Å². The number of allylic oxidation sites excluding steroid dienone is 1. The van der Waals surface area contributed by atoms with Gasteiger partial charge in [0.1, 0.15) is 0 Å². The Morgan fingerprint density at radius 3 is 2.41 bits per heavy atom. The van der Waals surface area contributed by atoms with Crippen molar-refractivity contribution in [1.82, 2.24) is 0 Å². The summed E-state index contributed by atoms with van der Waals surface area (Å²) < 4.78 is 5.49. The Kier molecular flexibility index (Phi) is 5.61. The van der Waals surface area contributed by atoms with Crippen LogP contribution < -0.4 is 4.90 Å². The van der Waals surface area contributed by atoms with Gasteiger partial charge >= 0.3 is 0 Å². The van der Waals surface area contributed by atoms with E-state index >= 15 is 0 Å². The Morgan fingerprint density at radius 2 is 1.88 bits per heavy atom. The predicted molar refractivity (Wildman–Crippen MR) is 74.5 cm³/mol. The Labute approximate surface area is 105 Å². The first-order valence-corrected chi connectivity index (χ1v) is 6.16. The van der Waals surface area contributed by atoms with Crippen LogP contribution >= 0.6 is 0 Å². The zero-order valence-electron chi connectivity index (χ0n) is 11.3. The summed E-state index contributed by atoms with van der Waals surface area (Å²) in [4.78, 5) is 2.11. The van der Waals surface area contributed by atoms with Crippen molar-refractivity contribution in [3.63, 3.8) is 0 Å². The molecule has 0 amide bonds. The molecule has 1 aromatic carbocycles. The third-order valence-corrected chi connectivity index (χ3v) is 2.74. The first kappa shape index (κ1) is 13.6. The Balaban J connectivity index is 2.41. The van der Waals surface area contributed by atoms with E-state index in [-0.39, 0.29) is 6.10 Å². The zero-order chi connectivity index (χ0) is 12.7. The van der Waals surface area contributed by atoms with E-state index in [1.54, 1.807) is 6.26 Å². The zero-order valence-corrected chi connectivity index (χ0v) is 11.3. The molecular formula is C15H23NO. The molecule has 0 aliphatic carbocycles. The first-order chi connectivity index (χ1) is 8.13. The molecule has 2 heteroatoms. The number of nitrogens with zero attached hydrogens (tertiary/aromatic N) is 1. The van der Waals surface area contributed by atoms with E-state index in [9.17, 15) is 0 Å². The second-order valence-corrected chi connectivity index (χ2v) is 4.52. The fraction of sp³-hybridized carbons (Fsp3) is 0.467. The van der Waals surface area contributed by atoms with Crippen LogP contribution in [0.4, 0.5) is 5.69 Å². The van der Waals surface area contributed by atoms with Gasteiger partial charge in [-0.2, -0.15) is 0 Å². The molecule has 2 nitrogen and oxygen atoms in total. The minimum atomic E-state index is 0.278. The Hall–Kier alpha value is -1.44. The summed E-state index contributed by atoms with van der Waals surface area (Å²) in [6, 6.07) is 8.70. The molecule has 0 heterocycles. The molecule has 1 rings (SSSR count). The highest BCUT2D eigenvalue weighted by Crippen LogP contribution is 2.14. The second-order valence-electron chi connectivity index (χ2n) is 4.52. The third kappa shape index (κ3) is 4.94. The number of ether oxygens (including phenoxy) is 1. The van der Waals surface area contributed by atoms with E-state index in [4.69, 9.17) is 4.74 Å². The van der Waals surface area contributed by atoms with Crippen molar-refractivity contribution in [2.45, 2.75) is 32.8 Å². The van der Waals surface area contributed by atoms with Crippen molar-refractivity contribution in [3.05, 3.63) is 42.2 Å². The number of benzene rings is 1. The lowest BCUT2D eigenvalue weighted by Crippen LogP contribution is -2.08. The van der Waals surface area contributed by atoms with Crippen LogP contribution in [0, 0.1) is 0 Å². The molecule has 0 N–H and O–H groups in total. The minimum absolute atomic E-state index is 0.278. The SMILES string of the molecule is CC=COC(C)CCc1ccc(N(C)C)cc1. The maximum Gasteiger partial charge on any atom is 0.0953 e. The molecule has 94 valence electrons. The van der Waals surface area contributed by atoms with Gasteiger partial charge in [-0.05, 0) is 44.4 Å². The van der Waals surface area contributed by atoms with E-state index in [1.165, 1.54) is 11.3 Å². The fourth-order valence-corrected chi connectivity index (χ4v) is 1.61. The van der Waals surface area contributed by atoms with Crippen LogP contribution in [0.3, 0.4) is 0 Å². The molecule has 0 saturated carbocycles. The standard InChI is InChI=1S/C15H23NO/c1-5-12-17-13(2)6-7-14-8-10-15(11-9-14)16(3)4/h5,8-13H,6-7H2,1-4H3. The molecule has 0 saturated heterocycles. The highest BCUT2D eigenvalue weighted by molar-refractivity contribution is 5.45. The minimum Gasteiger partial charge on any atom is -0.499 e. The van der Waals surface area contributed by atoms with Crippen molar-refractivity contribution >= 4 is 5.69 Å². The molecule has 0 bridgehead atoms. The molecule has 0 spiro atoms. The predicted octanol–water partition coefficient (Wildman–Crippen LogP) is 3.62. The molecule has 0 aliphatic rings. The van der Waals surface area contributed by atoms with Crippen LogP contribution in [0.5, 0.6) is 0 Å². The number of anilines is 1. The van der Waals surface area contributed by atoms with Crippen molar-refractivity contribution in [3.8, 4) is 0 Å². The molecule has 1 aromatic rings. The summed E-state index contributed by atoms with van der Waals surface area (Å²) in [6.07, 6.45) is 6.07. The first-order valence-electron chi connectivity index (χ1n) is 6.16. The lowest BCUT2D eigenvalue weighted by Gasteiger charge is -2.14. The molecule has 0 fully saturated rings. The number of aryl methyl sites for hydroxylation is 1. The van der Waals surface area contributed by atoms with Gasteiger partial charge in [0.25, 0.3) is 0 Å². The van der Waals surface area contributed by atoms with Gasteiger partial charge in [0.2, 0.25) is 0 Å². The molecule has 1 unspecified atom stereocenters. The van der Waals surface area contributed by atoms with E-state index in [0.717, 1.165) is 12.8 Å². The maximum absolute atomic E-state index is 5.49. The van der Waals surface area contributed by atoms with Gasteiger partial charge in [-0.3, -0.25) is 0 Å². The van der Waals surface area contributed by atoms with Crippen LogP contribution in [0.25, 0.3) is 0 Å². The topological polar surface area (TPSA) is 12.5 Å². The van der Waals surface area contributed by atoms with E-state index in [1.807, 2.05) is 13.0 Å². The summed E-state index contributed by atoms with van der Waals surface area (Å²) in [7, 11) is 4.12. The summed E-state index contributed by atoms with van der Waals surface area (Å²) in [5.74, 6) is 0. The van der Waals surface area contributed by atoms with Gasteiger partial charge in [-0.15, -0.1) is 0 Å². The molecule has 0 aromatic heterocycles. The largest absolute Gasteiger partial charge is 0.499 e. The summed E-state index contributed by atoms with van der Waals surface area (Å²) in [5.41, 5.74) is 2.61. The van der Waals surface area contributed by atoms with Gasteiger partial charge in [0, 0.05) is 19.8 Å². The highest BCUT2D eigenvalue weighted by atomic mass is 16.5. The summed E-state index contributed by atoms with van der Waals surface area (Å²) in [5, 5.41) is 0. The van der Waals surface area contributed by atoms with Gasteiger partial charge in [-0.25, -0.2) is 0 Å². The maximum atomic E-state index is 5.49. The van der Waals surface area contributed by atoms with Crippen LogP contribution in [0.15, 0.2) is 36.6 Å². The molecule has 0 radical (unpaired) electrons.